The molecular weight excluding hydrogens is 407 g/mol. The van der Waals surface area contributed by atoms with Crippen molar-refractivity contribution in [2.45, 2.75) is 38.8 Å². The molecular formula is C25H25FN4O2. The van der Waals surface area contributed by atoms with Crippen LogP contribution < -0.4 is 5.32 Å². The third kappa shape index (κ3) is 4.82. The van der Waals surface area contributed by atoms with Crippen molar-refractivity contribution < 1.29 is 14.0 Å². The number of amides is 2. The number of carbonyl (C=O) groups is 2. The molecule has 7 heteroatoms. The van der Waals surface area contributed by atoms with Gasteiger partial charge in [0.25, 0.3) is 11.8 Å². The van der Waals surface area contributed by atoms with Gasteiger partial charge < -0.3 is 10.2 Å². The number of aromatic nitrogens is 2. The molecule has 164 valence electrons. The molecule has 2 amide bonds. The van der Waals surface area contributed by atoms with E-state index in [4.69, 9.17) is 0 Å². The third-order valence-corrected chi connectivity index (χ3v) is 5.69. The first kappa shape index (κ1) is 21.6. The van der Waals surface area contributed by atoms with Crippen molar-refractivity contribution in [1.29, 1.82) is 0 Å². The molecule has 2 aromatic carbocycles. The van der Waals surface area contributed by atoms with E-state index in [0.29, 0.717) is 35.7 Å². The highest BCUT2D eigenvalue weighted by Crippen LogP contribution is 2.30. The van der Waals surface area contributed by atoms with Crippen LogP contribution in [0.25, 0.3) is 0 Å². The Kier molecular flexibility index (Phi) is 6.54. The number of piperidine rings is 1. The van der Waals surface area contributed by atoms with Crippen LogP contribution in [0.5, 0.6) is 0 Å². The van der Waals surface area contributed by atoms with Crippen molar-refractivity contribution in [2.75, 3.05) is 6.54 Å². The quantitative estimate of drug-likeness (QED) is 0.655. The predicted molar refractivity (Wildman–Crippen MR) is 118 cm³/mol. The summed E-state index contributed by atoms with van der Waals surface area (Å²) >= 11 is 0. The Bertz CT molecular complexity index is 1100. The van der Waals surface area contributed by atoms with Crippen LogP contribution in [-0.2, 0) is 6.54 Å². The predicted octanol–water partition coefficient (Wildman–Crippen LogP) is 4.22. The number of hydrogen-bond donors (Lipinski definition) is 1. The Balaban J connectivity index is 1.50. The van der Waals surface area contributed by atoms with Crippen molar-refractivity contribution in [1.82, 2.24) is 20.2 Å². The number of likely N-dealkylation sites (tertiary alicyclic amines) is 1. The molecule has 1 fully saturated rings. The van der Waals surface area contributed by atoms with Crippen LogP contribution in [0.2, 0.25) is 0 Å². The van der Waals surface area contributed by atoms with Crippen LogP contribution in [0.3, 0.4) is 0 Å². The summed E-state index contributed by atoms with van der Waals surface area (Å²) in [5, 5.41) is 2.89. The lowest BCUT2D eigenvalue weighted by Gasteiger charge is -2.35. The molecule has 0 saturated carbocycles. The van der Waals surface area contributed by atoms with Crippen LogP contribution in [0.4, 0.5) is 4.39 Å². The maximum Gasteiger partial charge on any atom is 0.254 e. The van der Waals surface area contributed by atoms with Gasteiger partial charge in [-0.1, -0.05) is 30.3 Å². The molecule has 1 aliphatic heterocycles. The molecule has 1 unspecified atom stereocenters. The number of aryl methyl sites for hydroxylation is 1. The number of benzene rings is 2. The summed E-state index contributed by atoms with van der Waals surface area (Å²) in [5.41, 5.74) is 2.43. The first-order valence-electron chi connectivity index (χ1n) is 10.7. The van der Waals surface area contributed by atoms with Crippen molar-refractivity contribution >= 4 is 11.8 Å². The Morgan fingerprint density at radius 1 is 1.09 bits per heavy atom. The third-order valence-electron chi connectivity index (χ3n) is 5.69. The summed E-state index contributed by atoms with van der Waals surface area (Å²) in [6.07, 6.45) is 4.13. The van der Waals surface area contributed by atoms with Crippen LogP contribution in [0, 0.1) is 12.7 Å². The minimum Gasteiger partial charge on any atom is -0.348 e. The highest BCUT2D eigenvalue weighted by atomic mass is 19.1. The molecule has 0 radical (unpaired) electrons. The number of hydrogen-bond acceptors (Lipinski definition) is 4. The molecule has 6 nitrogen and oxygen atoms in total. The topological polar surface area (TPSA) is 75.2 Å². The van der Waals surface area contributed by atoms with Gasteiger partial charge in [-0.25, -0.2) is 14.4 Å². The molecule has 1 aromatic heterocycles. The lowest BCUT2D eigenvalue weighted by molar-refractivity contribution is 0.0599. The van der Waals surface area contributed by atoms with E-state index in [-0.39, 0.29) is 23.7 Å². The van der Waals surface area contributed by atoms with E-state index in [9.17, 15) is 14.0 Å². The first-order chi connectivity index (χ1) is 15.5. The van der Waals surface area contributed by atoms with Crippen LogP contribution in [0.1, 0.15) is 63.1 Å². The maximum atomic E-state index is 13.3. The fraction of sp³-hybridized carbons (Fsp3) is 0.280. The Morgan fingerprint density at radius 2 is 1.84 bits per heavy atom. The monoisotopic (exact) mass is 432 g/mol. The molecule has 1 atom stereocenters. The van der Waals surface area contributed by atoms with Gasteiger partial charge in [0.05, 0.1) is 17.3 Å². The fourth-order valence-electron chi connectivity index (χ4n) is 3.94. The first-order valence-corrected chi connectivity index (χ1v) is 10.7. The van der Waals surface area contributed by atoms with Crippen molar-refractivity contribution in [3.63, 3.8) is 0 Å². The molecule has 32 heavy (non-hydrogen) atoms. The van der Waals surface area contributed by atoms with Gasteiger partial charge in [-0.3, -0.25) is 9.59 Å². The van der Waals surface area contributed by atoms with Gasteiger partial charge in [0.1, 0.15) is 5.82 Å². The highest BCUT2D eigenvalue weighted by Gasteiger charge is 2.31. The number of nitrogens with zero attached hydrogens (tertiary/aromatic N) is 3. The summed E-state index contributed by atoms with van der Waals surface area (Å²) in [4.78, 5) is 36.5. The zero-order chi connectivity index (χ0) is 22.5. The molecule has 0 aliphatic carbocycles. The lowest BCUT2D eigenvalue weighted by atomic mass is 9.99. The van der Waals surface area contributed by atoms with Gasteiger partial charge in [0, 0.05) is 24.8 Å². The van der Waals surface area contributed by atoms with Crippen LogP contribution in [-0.4, -0.2) is 33.2 Å². The van der Waals surface area contributed by atoms with Crippen molar-refractivity contribution in [2.24, 2.45) is 0 Å². The Morgan fingerprint density at radius 3 is 2.56 bits per heavy atom. The van der Waals surface area contributed by atoms with E-state index in [0.717, 1.165) is 24.8 Å². The second kappa shape index (κ2) is 9.68. The normalized spacial score (nSPS) is 15.9. The van der Waals surface area contributed by atoms with Crippen LogP contribution >= 0.6 is 0 Å². The minimum atomic E-state index is -0.378. The van der Waals surface area contributed by atoms with E-state index in [2.05, 4.69) is 15.3 Å². The molecule has 0 spiro atoms. The van der Waals surface area contributed by atoms with E-state index in [1.54, 1.807) is 11.8 Å². The average Bonchev–Trinajstić information content (AvgIpc) is 2.83. The molecule has 1 aliphatic rings. The maximum absolute atomic E-state index is 13.3. The van der Waals surface area contributed by atoms with Gasteiger partial charge in [-0.05, 0) is 56.0 Å². The summed E-state index contributed by atoms with van der Waals surface area (Å²) in [7, 11) is 0. The molecule has 1 N–H and O–H groups in total. The molecule has 4 rings (SSSR count). The number of rotatable bonds is 5. The SMILES string of the molecule is Cc1nc(C2CCCCN2C(=O)c2ccc(F)cc2)ncc1C(=O)NCc1ccccc1. The van der Waals surface area contributed by atoms with E-state index >= 15 is 0 Å². The molecule has 3 aromatic rings. The zero-order valence-corrected chi connectivity index (χ0v) is 17.9. The summed E-state index contributed by atoms with van der Waals surface area (Å²) in [6.45, 7) is 2.78. The van der Waals surface area contributed by atoms with E-state index < -0.39 is 0 Å². The zero-order valence-electron chi connectivity index (χ0n) is 17.9. The van der Waals surface area contributed by atoms with E-state index in [1.165, 1.54) is 30.5 Å². The second-order valence-electron chi connectivity index (χ2n) is 7.91. The fourth-order valence-corrected chi connectivity index (χ4v) is 3.94. The van der Waals surface area contributed by atoms with Crippen molar-refractivity contribution in [3.8, 4) is 0 Å². The molecule has 2 heterocycles. The number of carbonyl (C=O) groups excluding carboxylic acids is 2. The standard InChI is InChI=1S/C25H25FN4O2/c1-17-21(24(31)28-15-18-7-3-2-4-8-18)16-27-23(29-17)22-9-5-6-14-30(22)25(32)19-10-12-20(26)13-11-19/h2-4,7-8,10-13,16,22H,5-6,9,14-15H2,1H3,(H,28,31). The average molecular weight is 432 g/mol. The van der Waals surface area contributed by atoms with E-state index in [1.807, 2.05) is 30.3 Å². The van der Waals surface area contributed by atoms with Gasteiger partial charge in [-0.2, -0.15) is 0 Å². The van der Waals surface area contributed by atoms with Gasteiger partial charge in [0.2, 0.25) is 0 Å². The lowest BCUT2D eigenvalue weighted by Crippen LogP contribution is -2.39. The molecule has 0 bridgehead atoms. The second-order valence-corrected chi connectivity index (χ2v) is 7.91. The van der Waals surface area contributed by atoms with Crippen molar-refractivity contribution in [3.05, 3.63) is 94.8 Å². The van der Waals surface area contributed by atoms with Gasteiger partial charge in [0.15, 0.2) is 5.82 Å². The minimum absolute atomic E-state index is 0.166. The van der Waals surface area contributed by atoms with Crippen LogP contribution in [0.15, 0.2) is 60.8 Å². The largest absolute Gasteiger partial charge is 0.348 e. The smallest absolute Gasteiger partial charge is 0.254 e. The number of nitrogens with one attached hydrogen (secondary N) is 1. The highest BCUT2D eigenvalue weighted by molar-refractivity contribution is 5.95. The summed E-state index contributed by atoms with van der Waals surface area (Å²) < 4.78 is 13.3. The van der Waals surface area contributed by atoms with Gasteiger partial charge in [-0.15, -0.1) is 0 Å². The molecule has 1 saturated heterocycles. The summed E-state index contributed by atoms with van der Waals surface area (Å²) in [5.74, 6) is -0.254. The van der Waals surface area contributed by atoms with Gasteiger partial charge >= 0.3 is 0 Å². The number of halogens is 1. The Hall–Kier alpha value is -3.61. The Labute approximate surface area is 186 Å². The summed E-state index contributed by atoms with van der Waals surface area (Å²) in [6, 6.07) is 15.0.